The summed E-state index contributed by atoms with van der Waals surface area (Å²) in [7, 11) is 0. The van der Waals surface area contributed by atoms with E-state index in [0.29, 0.717) is 0 Å². The Bertz CT molecular complexity index is 3380. The fraction of sp³-hybridized carbons (Fsp3) is 0. The molecule has 12 rings (SSSR count). The summed E-state index contributed by atoms with van der Waals surface area (Å²) < 4.78 is 7.15. The van der Waals surface area contributed by atoms with Crippen molar-refractivity contribution < 1.29 is 0 Å². The predicted octanol–water partition coefficient (Wildman–Crippen LogP) is 12.6. The van der Waals surface area contributed by atoms with Crippen molar-refractivity contribution >= 4 is 71.1 Å². The van der Waals surface area contributed by atoms with E-state index in [1.165, 1.54) is 71.2 Å². The summed E-state index contributed by atoms with van der Waals surface area (Å²) in [5.41, 5.74) is 14.8. The number of imidazole rings is 1. The van der Waals surface area contributed by atoms with Gasteiger partial charge in [-0.05, 0) is 71.8 Å². The maximum atomic E-state index is 5.45. The average Bonchev–Trinajstić information content (AvgIpc) is 3.97. The Kier molecular flexibility index (Phi) is 5.74. The molecule has 0 aliphatic carbocycles. The number of hydrogen-bond acceptors (Lipinski definition) is 1. The second kappa shape index (κ2) is 10.7. The minimum absolute atomic E-state index is 0.958. The summed E-state index contributed by atoms with van der Waals surface area (Å²) in [5, 5.41) is 7.42. The molecule has 0 spiro atoms. The highest BCUT2D eigenvalue weighted by Crippen LogP contribution is 2.42. The third-order valence-electron chi connectivity index (χ3n) is 11.2. The molecular formula is C49H30N4. The van der Waals surface area contributed by atoms with Gasteiger partial charge in [0.15, 0.2) is 5.65 Å². The van der Waals surface area contributed by atoms with Crippen molar-refractivity contribution in [3.8, 4) is 33.8 Å². The van der Waals surface area contributed by atoms with Crippen LogP contribution in [-0.2, 0) is 0 Å². The van der Waals surface area contributed by atoms with Crippen molar-refractivity contribution in [2.24, 2.45) is 0 Å². The van der Waals surface area contributed by atoms with E-state index in [2.05, 4.69) is 196 Å². The molecular weight excluding hydrogens is 645 g/mol. The number of nitrogens with zero attached hydrogens (tertiary/aromatic N) is 4. The highest BCUT2D eigenvalue weighted by molar-refractivity contribution is 6.16. The van der Waals surface area contributed by atoms with E-state index in [-0.39, 0.29) is 0 Å². The summed E-state index contributed by atoms with van der Waals surface area (Å²) in [6, 6.07) is 65.8. The van der Waals surface area contributed by atoms with E-state index in [1.807, 2.05) is 0 Å². The SMILES string of the molecule is c1ccc(-c2nc3c(-n4c5ccccc5c5cc(-c6ccc7c(c6)c6ccccc6n7-c6ccccc6)ccc54)ccc4c5ccccc5c2n34)cc1. The van der Waals surface area contributed by atoms with Gasteiger partial charge >= 0.3 is 0 Å². The third-order valence-corrected chi connectivity index (χ3v) is 11.2. The maximum absolute atomic E-state index is 5.45. The van der Waals surface area contributed by atoms with Gasteiger partial charge < -0.3 is 9.13 Å². The average molecular weight is 675 g/mol. The zero-order valence-electron chi connectivity index (χ0n) is 28.6. The van der Waals surface area contributed by atoms with Gasteiger partial charge in [-0.15, -0.1) is 0 Å². The lowest BCUT2D eigenvalue weighted by atomic mass is 10.0. The maximum Gasteiger partial charge on any atom is 0.162 e. The Morgan fingerprint density at radius 3 is 1.49 bits per heavy atom. The minimum atomic E-state index is 0.958. The smallest absolute Gasteiger partial charge is 0.162 e. The van der Waals surface area contributed by atoms with Crippen LogP contribution in [0.15, 0.2) is 182 Å². The summed E-state index contributed by atoms with van der Waals surface area (Å²) in [5.74, 6) is 0. The standard InChI is InChI=1S/C49H30N4/c1-3-13-31(14-4-1)47-48-38-20-8-7-17-35(38)43-27-28-46(49(50-47)53(43)48)52-42-22-12-10-19-37(42)40-30-33(24-26-45(40)52)32-23-25-44-39(29-32)36-18-9-11-21-41(36)51(44)34-15-5-2-6-16-34/h1-30H. The van der Waals surface area contributed by atoms with Crippen molar-refractivity contribution in [2.75, 3.05) is 0 Å². The largest absolute Gasteiger partial charge is 0.309 e. The molecule has 5 heterocycles. The van der Waals surface area contributed by atoms with Gasteiger partial charge in [0.1, 0.15) is 0 Å². The summed E-state index contributed by atoms with van der Waals surface area (Å²) in [4.78, 5) is 5.45. The van der Waals surface area contributed by atoms with Gasteiger partial charge in [0.05, 0.1) is 44.5 Å². The van der Waals surface area contributed by atoms with E-state index >= 15 is 0 Å². The minimum Gasteiger partial charge on any atom is -0.309 e. The second-order valence-electron chi connectivity index (χ2n) is 14.0. The molecule has 0 bridgehead atoms. The molecule has 0 atom stereocenters. The van der Waals surface area contributed by atoms with Crippen LogP contribution < -0.4 is 0 Å². The molecule has 12 aromatic rings. The molecule has 0 aliphatic rings. The number of para-hydroxylation sites is 3. The van der Waals surface area contributed by atoms with Crippen LogP contribution in [0.2, 0.25) is 0 Å². The lowest BCUT2D eigenvalue weighted by Gasteiger charge is -2.11. The van der Waals surface area contributed by atoms with Gasteiger partial charge in [-0.1, -0.05) is 121 Å². The molecule has 0 radical (unpaired) electrons. The highest BCUT2D eigenvalue weighted by Gasteiger charge is 2.23. The molecule has 0 fully saturated rings. The zero-order chi connectivity index (χ0) is 34.6. The summed E-state index contributed by atoms with van der Waals surface area (Å²) >= 11 is 0. The molecule has 7 aromatic carbocycles. The topological polar surface area (TPSA) is 27.2 Å². The van der Waals surface area contributed by atoms with Gasteiger partial charge in [0, 0.05) is 43.6 Å². The van der Waals surface area contributed by atoms with Crippen LogP contribution in [0, 0.1) is 0 Å². The van der Waals surface area contributed by atoms with Crippen LogP contribution in [0.4, 0.5) is 0 Å². The highest BCUT2D eigenvalue weighted by atomic mass is 15.1. The third kappa shape index (κ3) is 3.92. The number of fused-ring (bicyclic) bond motifs is 9. The van der Waals surface area contributed by atoms with Crippen LogP contribution >= 0.6 is 0 Å². The van der Waals surface area contributed by atoms with Crippen LogP contribution in [0.25, 0.3) is 105 Å². The number of aromatic nitrogens is 4. The van der Waals surface area contributed by atoms with Gasteiger partial charge in [-0.3, -0.25) is 4.40 Å². The van der Waals surface area contributed by atoms with Crippen molar-refractivity contribution in [1.82, 2.24) is 18.5 Å². The Morgan fingerprint density at radius 2 is 0.830 bits per heavy atom. The summed E-state index contributed by atoms with van der Waals surface area (Å²) in [6.07, 6.45) is 0. The number of pyridine rings is 1. The first-order valence-electron chi connectivity index (χ1n) is 18.1. The van der Waals surface area contributed by atoms with Gasteiger partial charge in [-0.25, -0.2) is 4.98 Å². The van der Waals surface area contributed by atoms with E-state index in [4.69, 9.17) is 4.98 Å². The Morgan fingerprint density at radius 1 is 0.340 bits per heavy atom. The normalized spacial score (nSPS) is 12.2. The van der Waals surface area contributed by atoms with Crippen molar-refractivity contribution in [1.29, 1.82) is 0 Å². The molecule has 4 heteroatoms. The molecule has 0 saturated heterocycles. The molecule has 53 heavy (non-hydrogen) atoms. The van der Waals surface area contributed by atoms with Crippen LogP contribution in [0.1, 0.15) is 0 Å². The molecule has 246 valence electrons. The molecule has 0 unspecified atom stereocenters. The zero-order valence-corrected chi connectivity index (χ0v) is 28.6. The van der Waals surface area contributed by atoms with Crippen LogP contribution in [-0.4, -0.2) is 18.5 Å². The molecule has 4 nitrogen and oxygen atoms in total. The molecule has 0 amide bonds. The monoisotopic (exact) mass is 674 g/mol. The first-order chi connectivity index (χ1) is 26.3. The molecule has 5 aromatic heterocycles. The number of hydrogen-bond donors (Lipinski definition) is 0. The lowest BCUT2D eigenvalue weighted by molar-refractivity contribution is 1.15. The fourth-order valence-corrected chi connectivity index (χ4v) is 8.90. The van der Waals surface area contributed by atoms with Crippen LogP contribution in [0.3, 0.4) is 0 Å². The lowest BCUT2D eigenvalue weighted by Crippen LogP contribution is -1.98. The van der Waals surface area contributed by atoms with Gasteiger partial charge in [0.2, 0.25) is 0 Å². The van der Waals surface area contributed by atoms with Crippen molar-refractivity contribution in [2.45, 2.75) is 0 Å². The molecule has 0 saturated carbocycles. The predicted molar refractivity (Wildman–Crippen MR) is 221 cm³/mol. The first-order valence-corrected chi connectivity index (χ1v) is 18.1. The Hall–Kier alpha value is -7.17. The summed E-state index contributed by atoms with van der Waals surface area (Å²) in [6.45, 7) is 0. The first kappa shape index (κ1) is 28.5. The molecule has 0 aliphatic heterocycles. The van der Waals surface area contributed by atoms with E-state index < -0.39 is 0 Å². The number of benzene rings is 7. The van der Waals surface area contributed by atoms with E-state index in [1.54, 1.807) is 0 Å². The van der Waals surface area contributed by atoms with Crippen molar-refractivity contribution in [3.63, 3.8) is 0 Å². The van der Waals surface area contributed by atoms with E-state index in [9.17, 15) is 0 Å². The Labute approximate surface area is 304 Å². The quantitative estimate of drug-likeness (QED) is 0.183. The van der Waals surface area contributed by atoms with Crippen LogP contribution in [0.5, 0.6) is 0 Å². The van der Waals surface area contributed by atoms with Crippen molar-refractivity contribution in [3.05, 3.63) is 182 Å². The Balaban J connectivity index is 1.09. The van der Waals surface area contributed by atoms with Gasteiger partial charge in [-0.2, -0.15) is 0 Å². The number of rotatable bonds is 4. The fourth-order valence-electron chi connectivity index (χ4n) is 8.90. The second-order valence-corrected chi connectivity index (χ2v) is 14.0. The van der Waals surface area contributed by atoms with Gasteiger partial charge in [0.25, 0.3) is 0 Å². The van der Waals surface area contributed by atoms with E-state index in [0.717, 1.165) is 33.6 Å². The molecule has 0 N–H and O–H groups in total.